The van der Waals surface area contributed by atoms with Gasteiger partial charge in [0.05, 0.1) is 16.9 Å². The van der Waals surface area contributed by atoms with E-state index in [0.717, 1.165) is 16.9 Å². The van der Waals surface area contributed by atoms with Gasteiger partial charge >= 0.3 is 0 Å². The Morgan fingerprint density at radius 2 is 1.92 bits per heavy atom. The summed E-state index contributed by atoms with van der Waals surface area (Å²) in [6, 6.07) is 9.69. The molecule has 0 unspecified atom stereocenters. The number of piperidine rings is 1. The van der Waals surface area contributed by atoms with Gasteiger partial charge in [0.25, 0.3) is 11.8 Å². The van der Waals surface area contributed by atoms with Gasteiger partial charge in [-0.25, -0.2) is 0 Å². The normalized spacial score (nSPS) is 18.5. The lowest BCUT2D eigenvalue weighted by Crippen LogP contribution is -2.61. The second-order valence-corrected chi connectivity index (χ2v) is 7.13. The van der Waals surface area contributed by atoms with Crippen LogP contribution in [0, 0.1) is 6.92 Å². The van der Waals surface area contributed by atoms with Crippen molar-refractivity contribution in [2.75, 3.05) is 30.4 Å². The minimum atomic E-state index is -0.634. The summed E-state index contributed by atoms with van der Waals surface area (Å²) in [5.74, 6) is 0.0496. The lowest BCUT2D eigenvalue weighted by Gasteiger charge is -2.46. The Labute approximate surface area is 152 Å². The highest BCUT2D eigenvalue weighted by Crippen LogP contribution is 2.39. The molecule has 6 nitrogen and oxygen atoms in total. The molecular weight excluding hydrogens is 328 g/mol. The predicted molar refractivity (Wildman–Crippen MR) is 100 cm³/mol. The summed E-state index contributed by atoms with van der Waals surface area (Å²) in [4.78, 5) is 33.4. The van der Waals surface area contributed by atoms with E-state index in [1.165, 1.54) is 0 Å². The first-order valence-corrected chi connectivity index (χ1v) is 8.86. The first kappa shape index (κ1) is 16.6. The molecule has 134 valence electrons. The van der Waals surface area contributed by atoms with Gasteiger partial charge in [-0.3, -0.25) is 14.6 Å². The van der Waals surface area contributed by atoms with Crippen LogP contribution in [0.25, 0.3) is 0 Å². The minimum Gasteiger partial charge on any atom is -0.369 e. The number of nitrogens with one attached hydrogen (secondary N) is 1. The maximum Gasteiger partial charge on any atom is 0.255 e. The third kappa shape index (κ3) is 2.62. The zero-order chi connectivity index (χ0) is 18.3. The quantitative estimate of drug-likeness (QED) is 0.858. The van der Waals surface area contributed by atoms with Crippen LogP contribution >= 0.6 is 0 Å². The number of carbonyl (C=O) groups is 2. The van der Waals surface area contributed by atoms with E-state index in [1.54, 1.807) is 17.3 Å². The first-order chi connectivity index (χ1) is 12.5. The zero-order valence-corrected chi connectivity index (χ0v) is 15.0. The number of aromatic nitrogens is 1. The van der Waals surface area contributed by atoms with Gasteiger partial charge < -0.3 is 15.1 Å². The number of benzene rings is 1. The molecular formula is C20H22N4O2. The third-order valence-corrected chi connectivity index (χ3v) is 5.38. The predicted octanol–water partition coefficient (Wildman–Crippen LogP) is 2.45. The van der Waals surface area contributed by atoms with E-state index in [2.05, 4.69) is 10.3 Å². The number of hydrogen-bond donors (Lipinski definition) is 1. The minimum absolute atomic E-state index is 0.0203. The Kier molecular flexibility index (Phi) is 3.90. The molecule has 6 heteroatoms. The molecule has 2 aromatic rings. The van der Waals surface area contributed by atoms with E-state index in [-0.39, 0.29) is 11.8 Å². The van der Waals surface area contributed by atoms with Crippen molar-refractivity contribution in [1.82, 2.24) is 9.88 Å². The Morgan fingerprint density at radius 3 is 2.65 bits per heavy atom. The number of likely N-dealkylation sites (tertiary alicyclic amines) is 1. The zero-order valence-electron chi connectivity index (χ0n) is 15.0. The van der Waals surface area contributed by atoms with Gasteiger partial charge in [0.2, 0.25) is 0 Å². The van der Waals surface area contributed by atoms with Crippen LogP contribution in [0.2, 0.25) is 0 Å². The number of pyridine rings is 1. The molecule has 1 aromatic carbocycles. The highest BCUT2D eigenvalue weighted by molar-refractivity contribution is 6.07. The lowest BCUT2D eigenvalue weighted by molar-refractivity contribution is -0.124. The van der Waals surface area contributed by atoms with E-state index in [4.69, 9.17) is 0 Å². The van der Waals surface area contributed by atoms with Crippen LogP contribution in [-0.2, 0) is 4.79 Å². The first-order valence-electron chi connectivity index (χ1n) is 8.86. The summed E-state index contributed by atoms with van der Waals surface area (Å²) in [5.41, 5.74) is 2.80. The number of aryl methyl sites for hydroxylation is 1. The molecule has 0 saturated carbocycles. The number of fused-ring (bicyclic) bond motifs is 1. The van der Waals surface area contributed by atoms with Crippen LogP contribution in [0.4, 0.5) is 11.4 Å². The van der Waals surface area contributed by atoms with Crippen molar-refractivity contribution in [1.29, 1.82) is 0 Å². The standard InChI is InChI=1S/C20H22N4O2/c1-14-11-15(13-21-12-14)18(25)24-9-7-20(8-10-24)19(26)23(2)17-6-4-3-5-16(17)22-20/h3-6,11-13,22H,7-10H2,1-2H3. The molecule has 2 aliphatic heterocycles. The molecule has 1 aromatic heterocycles. The van der Waals surface area contributed by atoms with Gasteiger partial charge in [-0.15, -0.1) is 0 Å². The summed E-state index contributed by atoms with van der Waals surface area (Å²) in [6.07, 6.45) is 4.53. The monoisotopic (exact) mass is 350 g/mol. The maximum absolute atomic E-state index is 13.0. The fourth-order valence-corrected chi connectivity index (χ4v) is 3.90. The van der Waals surface area contributed by atoms with Crippen molar-refractivity contribution in [2.24, 2.45) is 0 Å². The fraction of sp³-hybridized carbons (Fsp3) is 0.350. The highest BCUT2D eigenvalue weighted by Gasteiger charge is 2.47. The van der Waals surface area contributed by atoms with Gasteiger partial charge in [-0.1, -0.05) is 12.1 Å². The number of rotatable bonds is 1. The van der Waals surface area contributed by atoms with Crippen molar-refractivity contribution in [3.8, 4) is 0 Å². The van der Waals surface area contributed by atoms with Gasteiger partial charge in [-0.2, -0.15) is 0 Å². The third-order valence-electron chi connectivity index (χ3n) is 5.38. The second kappa shape index (κ2) is 6.12. The number of para-hydroxylation sites is 2. The van der Waals surface area contributed by atoms with E-state index in [0.29, 0.717) is 31.5 Å². The van der Waals surface area contributed by atoms with Crippen molar-refractivity contribution < 1.29 is 9.59 Å². The van der Waals surface area contributed by atoms with E-state index < -0.39 is 5.54 Å². The molecule has 0 bridgehead atoms. The summed E-state index contributed by atoms with van der Waals surface area (Å²) in [5, 5.41) is 3.46. The van der Waals surface area contributed by atoms with Crippen LogP contribution in [0.3, 0.4) is 0 Å². The van der Waals surface area contributed by atoms with Crippen LogP contribution in [0.5, 0.6) is 0 Å². The van der Waals surface area contributed by atoms with Gasteiger partial charge in [0.15, 0.2) is 0 Å². The molecule has 2 amide bonds. The van der Waals surface area contributed by atoms with Crippen molar-refractivity contribution in [2.45, 2.75) is 25.3 Å². The van der Waals surface area contributed by atoms with Crippen LogP contribution in [0.1, 0.15) is 28.8 Å². The molecule has 1 saturated heterocycles. The molecule has 26 heavy (non-hydrogen) atoms. The Hall–Kier alpha value is -2.89. The molecule has 0 atom stereocenters. The van der Waals surface area contributed by atoms with Crippen molar-refractivity contribution in [3.05, 3.63) is 53.9 Å². The fourth-order valence-electron chi connectivity index (χ4n) is 3.90. The molecule has 0 aliphatic carbocycles. The van der Waals surface area contributed by atoms with Crippen molar-refractivity contribution >= 4 is 23.2 Å². The molecule has 0 radical (unpaired) electrons. The molecule has 4 rings (SSSR count). The van der Waals surface area contributed by atoms with Crippen LogP contribution in [-0.4, -0.2) is 47.4 Å². The van der Waals surface area contributed by atoms with E-state index in [9.17, 15) is 9.59 Å². The Bertz CT molecular complexity index is 872. The number of likely N-dealkylation sites (N-methyl/N-ethyl adjacent to an activating group) is 1. The highest BCUT2D eigenvalue weighted by atomic mass is 16.2. The van der Waals surface area contributed by atoms with Gasteiger partial charge in [0, 0.05) is 32.5 Å². The second-order valence-electron chi connectivity index (χ2n) is 7.13. The number of carbonyl (C=O) groups excluding carboxylic acids is 2. The number of nitrogens with zero attached hydrogens (tertiary/aromatic N) is 3. The van der Waals surface area contributed by atoms with Crippen LogP contribution in [0.15, 0.2) is 42.7 Å². The number of hydrogen-bond acceptors (Lipinski definition) is 4. The largest absolute Gasteiger partial charge is 0.369 e. The molecule has 1 fully saturated rings. The van der Waals surface area contributed by atoms with Crippen LogP contribution < -0.4 is 10.2 Å². The lowest BCUT2D eigenvalue weighted by atomic mass is 9.83. The molecule has 1 N–H and O–H groups in total. The maximum atomic E-state index is 13.0. The topological polar surface area (TPSA) is 65.5 Å². The average molecular weight is 350 g/mol. The molecule has 2 aliphatic rings. The van der Waals surface area contributed by atoms with Gasteiger partial charge in [0.1, 0.15) is 5.54 Å². The Balaban J connectivity index is 1.53. The Morgan fingerprint density at radius 1 is 1.19 bits per heavy atom. The van der Waals surface area contributed by atoms with Gasteiger partial charge in [-0.05, 0) is 43.5 Å². The summed E-state index contributed by atoms with van der Waals surface area (Å²) >= 11 is 0. The van der Waals surface area contributed by atoms with E-state index >= 15 is 0 Å². The summed E-state index contributed by atoms with van der Waals surface area (Å²) < 4.78 is 0. The molecule has 1 spiro atoms. The average Bonchev–Trinajstić information content (AvgIpc) is 2.66. The SMILES string of the molecule is Cc1cncc(C(=O)N2CCC3(CC2)Nc2ccccc2N(C)C3=O)c1. The summed E-state index contributed by atoms with van der Waals surface area (Å²) in [7, 11) is 1.82. The number of anilines is 2. The van der Waals surface area contributed by atoms with E-state index in [1.807, 2.05) is 49.2 Å². The number of amides is 2. The van der Waals surface area contributed by atoms with Crippen molar-refractivity contribution in [3.63, 3.8) is 0 Å². The summed E-state index contributed by atoms with van der Waals surface area (Å²) in [6.45, 7) is 3.01. The molecule has 3 heterocycles. The smallest absolute Gasteiger partial charge is 0.255 e.